The number of rotatable bonds is 5. The van der Waals surface area contributed by atoms with Crippen molar-refractivity contribution in [2.24, 2.45) is 0 Å². The third-order valence-corrected chi connectivity index (χ3v) is 5.59. The number of carbonyl (C=O) groups is 2. The summed E-state index contributed by atoms with van der Waals surface area (Å²) in [6.07, 6.45) is 1.42. The van der Waals surface area contributed by atoms with Crippen molar-refractivity contribution in [1.29, 1.82) is 0 Å². The molecule has 1 fully saturated rings. The minimum Gasteiger partial charge on any atom is -0.477 e. The zero-order chi connectivity index (χ0) is 18.1. The molecule has 3 rings (SSSR count). The number of H-pyrrole nitrogens is 1. The Morgan fingerprint density at radius 2 is 2.24 bits per heavy atom. The molecule has 8 nitrogen and oxygen atoms in total. The number of hydrogen-bond donors (Lipinski definition) is 3. The third-order valence-electron chi connectivity index (χ3n) is 4.07. The van der Waals surface area contributed by atoms with Gasteiger partial charge in [-0.15, -0.1) is 0 Å². The number of anilines is 1. The fourth-order valence-electron chi connectivity index (χ4n) is 2.75. The summed E-state index contributed by atoms with van der Waals surface area (Å²) in [5.41, 5.74) is 1.25. The summed E-state index contributed by atoms with van der Waals surface area (Å²) in [7, 11) is 0. The maximum absolute atomic E-state index is 12.3. The molecule has 25 heavy (non-hydrogen) atoms. The third kappa shape index (κ3) is 3.62. The van der Waals surface area contributed by atoms with E-state index in [1.54, 1.807) is 6.92 Å². The number of carboxylic acids is 1. The van der Waals surface area contributed by atoms with Crippen LogP contribution in [0.15, 0.2) is 0 Å². The molecule has 0 aliphatic carbocycles. The number of aryl methyl sites for hydroxylation is 2. The number of aromatic nitrogens is 3. The van der Waals surface area contributed by atoms with Gasteiger partial charge in [-0.05, 0) is 19.8 Å². The first-order chi connectivity index (χ1) is 11.9. The van der Waals surface area contributed by atoms with E-state index in [9.17, 15) is 9.59 Å². The molecule has 0 unspecified atom stereocenters. The summed E-state index contributed by atoms with van der Waals surface area (Å²) in [6, 6.07) is -0.0565. The Hall–Kier alpha value is -2.13. The Kier molecular flexibility index (Phi) is 4.96. The molecule has 1 aliphatic rings. The molecule has 1 saturated heterocycles. The molecule has 0 spiro atoms. The fraction of sp³-hybridized carbons (Fsp3) is 0.467. The molecular formula is C15H18ClN5O3S. The first-order valence-electron chi connectivity index (χ1n) is 7.90. The highest BCUT2D eigenvalue weighted by Crippen LogP contribution is 2.28. The van der Waals surface area contributed by atoms with Crippen molar-refractivity contribution in [1.82, 2.24) is 20.3 Å². The molecule has 0 radical (unpaired) electrons. The molecule has 1 atom stereocenters. The first-order valence-corrected chi connectivity index (χ1v) is 9.09. The van der Waals surface area contributed by atoms with Crippen LogP contribution < -0.4 is 10.2 Å². The lowest BCUT2D eigenvalue weighted by Crippen LogP contribution is -2.37. The number of amides is 1. The van der Waals surface area contributed by atoms with Crippen LogP contribution in [0.5, 0.6) is 0 Å². The van der Waals surface area contributed by atoms with Gasteiger partial charge in [-0.2, -0.15) is 0 Å². The topological polar surface area (TPSA) is 111 Å². The number of nitrogens with one attached hydrogen (secondary N) is 2. The maximum atomic E-state index is 12.3. The van der Waals surface area contributed by atoms with E-state index < -0.39 is 5.97 Å². The molecule has 2 aromatic heterocycles. The molecule has 3 heterocycles. The molecule has 1 aliphatic heterocycles. The van der Waals surface area contributed by atoms with Gasteiger partial charge >= 0.3 is 5.97 Å². The van der Waals surface area contributed by atoms with Gasteiger partial charge in [0.2, 0.25) is 0 Å². The molecule has 134 valence electrons. The van der Waals surface area contributed by atoms with Crippen LogP contribution in [0.1, 0.15) is 45.0 Å². The highest BCUT2D eigenvalue weighted by atomic mass is 35.5. The lowest BCUT2D eigenvalue weighted by molar-refractivity contribution is 0.0701. The van der Waals surface area contributed by atoms with E-state index >= 15 is 0 Å². The Balaban J connectivity index is 1.63. The van der Waals surface area contributed by atoms with E-state index in [4.69, 9.17) is 16.7 Å². The number of imidazole rings is 1. The Morgan fingerprint density at radius 3 is 2.84 bits per heavy atom. The van der Waals surface area contributed by atoms with Crippen LogP contribution in [0.3, 0.4) is 0 Å². The normalized spacial score (nSPS) is 17.1. The van der Waals surface area contributed by atoms with Crippen LogP contribution in [0.2, 0.25) is 5.15 Å². The zero-order valence-corrected chi connectivity index (χ0v) is 15.4. The number of thiazole rings is 1. The number of carboxylic acid groups (broad SMARTS) is 1. The zero-order valence-electron chi connectivity index (χ0n) is 13.8. The second-order valence-corrected chi connectivity index (χ2v) is 7.17. The summed E-state index contributed by atoms with van der Waals surface area (Å²) in [4.78, 5) is 37.0. The smallest absolute Gasteiger partial charge is 0.347 e. The monoisotopic (exact) mass is 383 g/mol. The average molecular weight is 384 g/mol. The van der Waals surface area contributed by atoms with Gasteiger partial charge in [0.1, 0.15) is 4.88 Å². The van der Waals surface area contributed by atoms with E-state index in [-0.39, 0.29) is 22.7 Å². The summed E-state index contributed by atoms with van der Waals surface area (Å²) in [5, 5.41) is 13.1. The van der Waals surface area contributed by atoms with E-state index in [2.05, 4.69) is 20.3 Å². The standard InChI is InChI=1S/C15H18ClN5O3S/c1-3-9-11(16)20-12(19-9)13(22)18-8-4-5-21(6-8)15-17-7(2)10(25-15)14(23)24/h8H,3-6H2,1-2H3,(H,18,22)(H,19,20)(H,23,24)/t8-/m0/s1. The van der Waals surface area contributed by atoms with Crippen LogP contribution >= 0.6 is 22.9 Å². The van der Waals surface area contributed by atoms with Crippen LogP contribution in [0.4, 0.5) is 5.13 Å². The highest BCUT2D eigenvalue weighted by Gasteiger charge is 2.28. The van der Waals surface area contributed by atoms with Gasteiger partial charge in [-0.1, -0.05) is 29.9 Å². The number of nitrogens with zero attached hydrogens (tertiary/aromatic N) is 3. The van der Waals surface area contributed by atoms with E-state index in [0.29, 0.717) is 35.5 Å². The predicted octanol–water partition coefficient (Wildman–Crippen LogP) is 2.10. The molecule has 10 heteroatoms. The number of hydrogen-bond acceptors (Lipinski definition) is 6. The number of aromatic amines is 1. The molecule has 2 aromatic rings. The van der Waals surface area contributed by atoms with Gasteiger partial charge in [0.15, 0.2) is 16.1 Å². The maximum Gasteiger partial charge on any atom is 0.347 e. The largest absolute Gasteiger partial charge is 0.477 e. The molecule has 1 amide bonds. The van der Waals surface area contributed by atoms with E-state index in [1.807, 2.05) is 11.8 Å². The van der Waals surface area contributed by atoms with Gasteiger partial charge in [0.25, 0.3) is 5.91 Å². The molecule has 0 aromatic carbocycles. The van der Waals surface area contributed by atoms with Gasteiger partial charge in [0, 0.05) is 19.1 Å². The van der Waals surface area contributed by atoms with Crippen molar-refractivity contribution in [3.63, 3.8) is 0 Å². The Labute approximate surface area is 153 Å². The van der Waals surface area contributed by atoms with Gasteiger partial charge in [0.05, 0.1) is 11.4 Å². The van der Waals surface area contributed by atoms with Crippen molar-refractivity contribution < 1.29 is 14.7 Å². The summed E-state index contributed by atoms with van der Waals surface area (Å²) >= 11 is 7.12. The minimum absolute atomic E-state index is 0.0565. The lowest BCUT2D eigenvalue weighted by Gasteiger charge is -2.15. The molecular weight excluding hydrogens is 366 g/mol. The second-order valence-electron chi connectivity index (χ2n) is 5.83. The van der Waals surface area contributed by atoms with Crippen LogP contribution in [0.25, 0.3) is 0 Å². The van der Waals surface area contributed by atoms with Crippen LogP contribution in [-0.2, 0) is 6.42 Å². The summed E-state index contributed by atoms with van der Waals surface area (Å²) in [6.45, 7) is 4.89. The SMILES string of the molecule is CCc1[nH]c(C(=O)N[C@H]2CCN(c3nc(C)c(C(=O)O)s3)C2)nc1Cl. The number of halogens is 1. The van der Waals surface area contributed by atoms with Crippen molar-refractivity contribution in [3.8, 4) is 0 Å². The van der Waals surface area contributed by atoms with Crippen LogP contribution in [0, 0.1) is 6.92 Å². The summed E-state index contributed by atoms with van der Waals surface area (Å²) < 4.78 is 0. The molecule has 0 saturated carbocycles. The average Bonchev–Trinajstić information content (AvgIpc) is 3.25. The van der Waals surface area contributed by atoms with Crippen LogP contribution in [-0.4, -0.2) is 51.1 Å². The van der Waals surface area contributed by atoms with Gasteiger partial charge < -0.3 is 20.3 Å². The van der Waals surface area contributed by atoms with Crippen molar-refractivity contribution in [2.45, 2.75) is 32.7 Å². The van der Waals surface area contributed by atoms with E-state index in [0.717, 1.165) is 23.5 Å². The molecule has 3 N–H and O–H groups in total. The number of aromatic carboxylic acids is 1. The van der Waals surface area contributed by atoms with Gasteiger partial charge in [-0.25, -0.2) is 14.8 Å². The predicted molar refractivity (Wildman–Crippen MR) is 94.9 cm³/mol. The van der Waals surface area contributed by atoms with Crippen molar-refractivity contribution in [3.05, 3.63) is 27.2 Å². The minimum atomic E-state index is -0.966. The first kappa shape index (κ1) is 17.7. The highest BCUT2D eigenvalue weighted by molar-refractivity contribution is 7.17. The van der Waals surface area contributed by atoms with Crippen molar-refractivity contribution >= 4 is 39.9 Å². The fourth-order valence-corrected chi connectivity index (χ4v) is 3.96. The quantitative estimate of drug-likeness (QED) is 0.729. The van der Waals surface area contributed by atoms with Gasteiger partial charge in [-0.3, -0.25) is 4.79 Å². The molecule has 0 bridgehead atoms. The Bertz CT molecular complexity index is 818. The summed E-state index contributed by atoms with van der Waals surface area (Å²) in [5.74, 6) is -1.06. The Morgan fingerprint density at radius 1 is 1.48 bits per heavy atom. The second kappa shape index (κ2) is 7.01. The lowest BCUT2D eigenvalue weighted by atomic mass is 10.2. The van der Waals surface area contributed by atoms with E-state index in [1.165, 1.54) is 0 Å². The number of carbonyl (C=O) groups excluding carboxylic acids is 1. The van der Waals surface area contributed by atoms with Crippen molar-refractivity contribution in [2.75, 3.05) is 18.0 Å².